The summed E-state index contributed by atoms with van der Waals surface area (Å²) in [6, 6.07) is 8.51. The lowest BCUT2D eigenvalue weighted by Gasteiger charge is -2.38. The number of fused-ring (bicyclic) bond motifs is 1. The Kier molecular flexibility index (Phi) is 2.83. The molecular formula is C16H20N2. The first-order valence-electron chi connectivity index (χ1n) is 6.81. The van der Waals surface area contributed by atoms with Crippen LogP contribution in [-0.4, -0.2) is 4.98 Å². The highest BCUT2D eigenvalue weighted by Crippen LogP contribution is 2.40. The molecule has 1 aliphatic rings. The summed E-state index contributed by atoms with van der Waals surface area (Å²) in [4.78, 5) is 4.20. The second kappa shape index (κ2) is 4.36. The average molecular weight is 240 g/mol. The standard InChI is InChI=1S/C16H20N2/c1-12-4-3-8-16(17,10-12)15-6-2-5-13-11-18-9-7-14(13)15/h2,5-7,9,11-12H,3-4,8,10,17H2,1H3. The minimum absolute atomic E-state index is 0.154. The first kappa shape index (κ1) is 11.7. The van der Waals surface area contributed by atoms with Crippen LogP contribution in [0.3, 0.4) is 0 Å². The number of nitrogens with two attached hydrogens (primary N) is 1. The Labute approximate surface area is 108 Å². The molecule has 3 rings (SSSR count). The van der Waals surface area contributed by atoms with Crippen LogP contribution in [0.1, 0.15) is 38.2 Å². The van der Waals surface area contributed by atoms with Crippen LogP contribution in [0, 0.1) is 5.92 Å². The van der Waals surface area contributed by atoms with E-state index < -0.39 is 0 Å². The zero-order valence-corrected chi connectivity index (χ0v) is 10.9. The monoisotopic (exact) mass is 240 g/mol. The summed E-state index contributed by atoms with van der Waals surface area (Å²) in [5.41, 5.74) is 7.86. The highest BCUT2D eigenvalue weighted by molar-refractivity contribution is 5.85. The van der Waals surface area contributed by atoms with Gasteiger partial charge in [-0.25, -0.2) is 0 Å². The largest absolute Gasteiger partial charge is 0.321 e. The van der Waals surface area contributed by atoms with Crippen LogP contribution < -0.4 is 5.73 Å². The smallest absolute Gasteiger partial charge is 0.0418 e. The molecule has 0 aliphatic heterocycles. The van der Waals surface area contributed by atoms with Gasteiger partial charge in [0.25, 0.3) is 0 Å². The summed E-state index contributed by atoms with van der Waals surface area (Å²) in [5, 5.41) is 2.46. The molecule has 1 aromatic carbocycles. The summed E-state index contributed by atoms with van der Waals surface area (Å²) in [7, 11) is 0. The molecule has 0 radical (unpaired) electrons. The fraction of sp³-hybridized carbons (Fsp3) is 0.438. The van der Waals surface area contributed by atoms with Gasteiger partial charge in [0.05, 0.1) is 0 Å². The first-order chi connectivity index (χ1) is 8.69. The molecular weight excluding hydrogens is 220 g/mol. The third-order valence-corrected chi connectivity index (χ3v) is 4.25. The Morgan fingerprint density at radius 3 is 3.06 bits per heavy atom. The molecule has 2 N–H and O–H groups in total. The Balaban J connectivity index is 2.13. The molecule has 1 aliphatic carbocycles. The molecule has 0 amide bonds. The third-order valence-electron chi connectivity index (χ3n) is 4.25. The predicted octanol–water partition coefficient (Wildman–Crippen LogP) is 3.60. The number of hydrogen-bond donors (Lipinski definition) is 1. The van der Waals surface area contributed by atoms with E-state index in [9.17, 15) is 0 Å². The van der Waals surface area contributed by atoms with Crippen molar-refractivity contribution in [2.45, 2.75) is 38.1 Å². The topological polar surface area (TPSA) is 38.9 Å². The summed E-state index contributed by atoms with van der Waals surface area (Å²) in [6.07, 6.45) is 8.52. The van der Waals surface area contributed by atoms with Gasteiger partial charge < -0.3 is 5.73 Å². The van der Waals surface area contributed by atoms with E-state index in [1.54, 1.807) is 0 Å². The van der Waals surface area contributed by atoms with Crippen molar-refractivity contribution >= 4 is 10.8 Å². The lowest BCUT2D eigenvalue weighted by Crippen LogP contribution is -2.41. The molecule has 18 heavy (non-hydrogen) atoms. The Morgan fingerprint density at radius 2 is 2.22 bits per heavy atom. The van der Waals surface area contributed by atoms with Crippen molar-refractivity contribution < 1.29 is 0 Å². The van der Waals surface area contributed by atoms with E-state index in [1.165, 1.54) is 29.2 Å². The summed E-state index contributed by atoms with van der Waals surface area (Å²) < 4.78 is 0. The number of benzene rings is 1. The number of aromatic nitrogens is 1. The average Bonchev–Trinajstić information content (AvgIpc) is 2.38. The van der Waals surface area contributed by atoms with Crippen LogP contribution in [0.2, 0.25) is 0 Å². The third kappa shape index (κ3) is 1.91. The Morgan fingerprint density at radius 1 is 1.33 bits per heavy atom. The molecule has 2 unspecified atom stereocenters. The molecule has 0 saturated heterocycles. The Bertz CT molecular complexity index is 559. The fourth-order valence-electron chi connectivity index (χ4n) is 3.39. The molecule has 2 aromatic rings. The van der Waals surface area contributed by atoms with Crippen molar-refractivity contribution in [3.63, 3.8) is 0 Å². The minimum atomic E-state index is -0.154. The summed E-state index contributed by atoms with van der Waals surface area (Å²) in [5.74, 6) is 0.723. The molecule has 1 aromatic heterocycles. The molecule has 2 atom stereocenters. The second-order valence-corrected chi connectivity index (χ2v) is 5.76. The SMILES string of the molecule is CC1CCCC(N)(c2cccc3cnccc23)C1. The number of nitrogens with zero attached hydrogens (tertiary/aromatic N) is 1. The van der Waals surface area contributed by atoms with Crippen molar-refractivity contribution in [1.82, 2.24) is 4.98 Å². The van der Waals surface area contributed by atoms with Gasteiger partial charge in [-0.3, -0.25) is 4.98 Å². The fourth-order valence-corrected chi connectivity index (χ4v) is 3.39. The Hall–Kier alpha value is -1.41. The van der Waals surface area contributed by atoms with Crippen molar-refractivity contribution in [2.24, 2.45) is 11.7 Å². The normalized spacial score (nSPS) is 28.4. The molecule has 1 saturated carbocycles. The van der Waals surface area contributed by atoms with Gasteiger partial charge >= 0.3 is 0 Å². The van der Waals surface area contributed by atoms with E-state index in [-0.39, 0.29) is 5.54 Å². The maximum atomic E-state index is 6.72. The lowest BCUT2D eigenvalue weighted by molar-refractivity contribution is 0.241. The van der Waals surface area contributed by atoms with Gasteiger partial charge in [0.1, 0.15) is 0 Å². The van der Waals surface area contributed by atoms with Crippen molar-refractivity contribution in [1.29, 1.82) is 0 Å². The first-order valence-corrected chi connectivity index (χ1v) is 6.81. The van der Waals surface area contributed by atoms with Gasteiger partial charge in [-0.2, -0.15) is 0 Å². The van der Waals surface area contributed by atoms with E-state index in [2.05, 4.69) is 36.2 Å². The minimum Gasteiger partial charge on any atom is -0.321 e. The van der Waals surface area contributed by atoms with Crippen molar-refractivity contribution in [3.8, 4) is 0 Å². The van der Waals surface area contributed by atoms with Gasteiger partial charge in [-0.05, 0) is 35.8 Å². The zero-order valence-electron chi connectivity index (χ0n) is 10.9. The van der Waals surface area contributed by atoms with E-state index in [0.717, 1.165) is 18.8 Å². The maximum absolute atomic E-state index is 6.72. The predicted molar refractivity (Wildman–Crippen MR) is 75.2 cm³/mol. The number of rotatable bonds is 1. The molecule has 94 valence electrons. The molecule has 2 nitrogen and oxygen atoms in total. The van der Waals surface area contributed by atoms with Crippen LogP contribution in [-0.2, 0) is 5.54 Å². The van der Waals surface area contributed by atoms with Gasteiger partial charge in [0.2, 0.25) is 0 Å². The zero-order chi connectivity index (χ0) is 12.6. The van der Waals surface area contributed by atoms with Gasteiger partial charge in [0, 0.05) is 23.3 Å². The highest BCUT2D eigenvalue weighted by Gasteiger charge is 2.33. The van der Waals surface area contributed by atoms with Crippen LogP contribution >= 0.6 is 0 Å². The highest BCUT2D eigenvalue weighted by atomic mass is 14.8. The van der Waals surface area contributed by atoms with E-state index in [0.29, 0.717) is 0 Å². The van der Waals surface area contributed by atoms with E-state index >= 15 is 0 Å². The molecule has 2 heteroatoms. The van der Waals surface area contributed by atoms with Crippen LogP contribution in [0.25, 0.3) is 10.8 Å². The second-order valence-electron chi connectivity index (χ2n) is 5.76. The maximum Gasteiger partial charge on any atom is 0.0418 e. The quantitative estimate of drug-likeness (QED) is 0.827. The molecule has 0 spiro atoms. The summed E-state index contributed by atoms with van der Waals surface area (Å²) >= 11 is 0. The lowest BCUT2D eigenvalue weighted by atomic mass is 9.72. The van der Waals surface area contributed by atoms with E-state index in [1.807, 2.05) is 12.4 Å². The number of hydrogen-bond acceptors (Lipinski definition) is 2. The van der Waals surface area contributed by atoms with Gasteiger partial charge in [0.15, 0.2) is 0 Å². The van der Waals surface area contributed by atoms with Crippen LogP contribution in [0.5, 0.6) is 0 Å². The molecule has 0 bridgehead atoms. The molecule has 1 fully saturated rings. The van der Waals surface area contributed by atoms with Gasteiger partial charge in [-0.15, -0.1) is 0 Å². The number of pyridine rings is 1. The van der Waals surface area contributed by atoms with Gasteiger partial charge in [-0.1, -0.05) is 38.0 Å². The van der Waals surface area contributed by atoms with Crippen molar-refractivity contribution in [3.05, 3.63) is 42.2 Å². The van der Waals surface area contributed by atoms with E-state index in [4.69, 9.17) is 5.73 Å². The van der Waals surface area contributed by atoms with Crippen molar-refractivity contribution in [2.75, 3.05) is 0 Å². The van der Waals surface area contributed by atoms with Crippen LogP contribution in [0.15, 0.2) is 36.7 Å². The van der Waals surface area contributed by atoms with Crippen LogP contribution in [0.4, 0.5) is 0 Å². The molecule has 1 heterocycles. The summed E-state index contributed by atoms with van der Waals surface area (Å²) in [6.45, 7) is 2.31.